The molecule has 3 heterocycles. The lowest BCUT2D eigenvalue weighted by Gasteiger charge is -2.41. The third-order valence-electron chi connectivity index (χ3n) is 5.18. The van der Waals surface area contributed by atoms with Crippen molar-refractivity contribution in [2.45, 2.75) is 56.0 Å². The summed E-state index contributed by atoms with van der Waals surface area (Å²) in [4.78, 5) is 6.99. The molecule has 2 unspecified atom stereocenters. The van der Waals surface area contributed by atoms with Gasteiger partial charge in [-0.05, 0) is 43.2 Å². The molecule has 1 aliphatic carbocycles. The fraction of sp³-hybridized carbons (Fsp3) is 0.476. The van der Waals surface area contributed by atoms with Crippen LogP contribution in [0.5, 0.6) is 0 Å². The molecule has 1 aromatic heterocycles. The maximum atomic E-state index is 5.83. The monoisotopic (exact) mass is 385 g/mol. The van der Waals surface area contributed by atoms with Crippen molar-refractivity contribution in [3.8, 4) is 0 Å². The van der Waals surface area contributed by atoms with Crippen molar-refractivity contribution >= 4 is 23.4 Å². The van der Waals surface area contributed by atoms with Gasteiger partial charge in [-0.3, -0.25) is 9.47 Å². The first kappa shape index (κ1) is 18.4. The molecule has 3 aliphatic rings. The van der Waals surface area contributed by atoms with E-state index >= 15 is 0 Å². The highest BCUT2D eigenvalue weighted by molar-refractivity contribution is 8.00. The van der Waals surface area contributed by atoms with Crippen LogP contribution in [0.4, 0.5) is 5.95 Å². The van der Waals surface area contributed by atoms with Crippen LogP contribution in [0.25, 0.3) is 5.70 Å². The third-order valence-corrected chi connectivity index (χ3v) is 6.29. The maximum Gasteiger partial charge on any atom is 0.219 e. The molecule has 0 radical (unpaired) electrons. The van der Waals surface area contributed by atoms with E-state index in [0.717, 1.165) is 16.9 Å². The summed E-state index contributed by atoms with van der Waals surface area (Å²) in [6.45, 7) is 11.0. The molecule has 4 rings (SSSR count). The highest BCUT2D eigenvalue weighted by atomic mass is 32.2. The summed E-state index contributed by atoms with van der Waals surface area (Å²) in [7, 11) is 3.48. The molecule has 0 fully saturated rings. The molecule has 27 heavy (non-hydrogen) atoms. The first-order valence-electron chi connectivity index (χ1n) is 9.18. The molecule has 0 saturated carbocycles. The lowest BCUT2D eigenvalue weighted by molar-refractivity contribution is 0.157. The second-order valence-electron chi connectivity index (χ2n) is 8.21. The molecule has 6 heteroatoms. The van der Waals surface area contributed by atoms with Gasteiger partial charge in [0.25, 0.3) is 0 Å². The molecule has 1 spiro atoms. The summed E-state index contributed by atoms with van der Waals surface area (Å²) in [5, 5.41) is 1.13. The SMILES string of the molecule is COC1=CC=CC23C=C(C)C(OC)C(C)=C2n2c(SC(C)(C)C)cnc2N13. The first-order valence-corrected chi connectivity index (χ1v) is 9.99. The van der Waals surface area contributed by atoms with Crippen LogP contribution >= 0.6 is 11.8 Å². The number of thioether (sulfide) groups is 1. The van der Waals surface area contributed by atoms with Gasteiger partial charge in [0.05, 0.1) is 19.0 Å². The highest BCUT2D eigenvalue weighted by Crippen LogP contribution is 2.54. The van der Waals surface area contributed by atoms with E-state index in [2.05, 4.69) is 62.3 Å². The van der Waals surface area contributed by atoms with Crippen molar-refractivity contribution in [2.24, 2.45) is 0 Å². The zero-order chi connectivity index (χ0) is 19.6. The van der Waals surface area contributed by atoms with Crippen molar-refractivity contribution in [1.82, 2.24) is 9.55 Å². The van der Waals surface area contributed by atoms with E-state index in [1.807, 2.05) is 24.0 Å². The smallest absolute Gasteiger partial charge is 0.219 e. The number of hydrogen-bond donors (Lipinski definition) is 0. The number of ether oxygens (including phenoxy) is 2. The quantitative estimate of drug-likeness (QED) is 0.562. The molecule has 1 aromatic rings. The van der Waals surface area contributed by atoms with Crippen LogP contribution in [0.2, 0.25) is 0 Å². The molecule has 144 valence electrons. The van der Waals surface area contributed by atoms with Crippen LogP contribution in [-0.4, -0.2) is 40.2 Å². The Bertz CT molecular complexity index is 916. The van der Waals surface area contributed by atoms with Crippen molar-refractivity contribution in [3.05, 3.63) is 47.5 Å². The topological polar surface area (TPSA) is 39.5 Å². The van der Waals surface area contributed by atoms with Crippen molar-refractivity contribution in [1.29, 1.82) is 0 Å². The fourth-order valence-electron chi connectivity index (χ4n) is 4.40. The van der Waals surface area contributed by atoms with Gasteiger partial charge in [-0.2, -0.15) is 0 Å². The average Bonchev–Trinajstić information content (AvgIpc) is 3.09. The van der Waals surface area contributed by atoms with E-state index in [0.29, 0.717) is 0 Å². The molecule has 2 aliphatic heterocycles. The summed E-state index contributed by atoms with van der Waals surface area (Å²) in [6.07, 6.45) is 10.5. The number of hydrogen-bond acceptors (Lipinski definition) is 5. The lowest BCUT2D eigenvalue weighted by atomic mass is 9.80. The molecule has 0 amide bonds. The number of allylic oxidation sites excluding steroid dienone is 2. The lowest BCUT2D eigenvalue weighted by Crippen LogP contribution is -2.47. The average molecular weight is 386 g/mol. The summed E-state index contributed by atoms with van der Waals surface area (Å²) < 4.78 is 13.9. The number of fused-ring (bicyclic) bond motifs is 3. The van der Waals surface area contributed by atoms with Crippen molar-refractivity contribution in [3.63, 3.8) is 0 Å². The standard InChI is InChI=1S/C21H27N3O2S/c1-13-11-21-10-8-9-15(25-6)24(21)19-22-12-16(27-20(3,4)5)23(19)18(21)14(2)17(13)26-7/h8-12,17H,1-7H3. The van der Waals surface area contributed by atoms with Gasteiger partial charge in [-0.25, -0.2) is 4.98 Å². The van der Waals surface area contributed by atoms with Gasteiger partial charge >= 0.3 is 0 Å². The van der Waals surface area contributed by atoms with Gasteiger partial charge in [0.15, 0.2) is 5.88 Å². The predicted molar refractivity (Wildman–Crippen MR) is 111 cm³/mol. The van der Waals surface area contributed by atoms with Crippen LogP contribution in [0.15, 0.2) is 52.6 Å². The summed E-state index contributed by atoms with van der Waals surface area (Å²) in [5.41, 5.74) is 3.16. The van der Waals surface area contributed by atoms with E-state index in [9.17, 15) is 0 Å². The minimum Gasteiger partial charge on any atom is -0.482 e. The third kappa shape index (κ3) is 2.53. The summed E-state index contributed by atoms with van der Waals surface area (Å²) in [5.74, 6) is 1.67. The number of anilines is 1. The van der Waals surface area contributed by atoms with Crippen molar-refractivity contribution < 1.29 is 9.47 Å². The van der Waals surface area contributed by atoms with Gasteiger partial charge in [-0.15, -0.1) is 11.8 Å². The number of nitrogens with zero attached hydrogens (tertiary/aromatic N) is 3. The van der Waals surface area contributed by atoms with E-state index < -0.39 is 5.54 Å². The summed E-state index contributed by atoms with van der Waals surface area (Å²) in [6, 6.07) is 0. The second-order valence-corrected chi connectivity index (χ2v) is 10.1. The molecule has 0 saturated heterocycles. The Hall–Kier alpha value is -1.92. The zero-order valence-electron chi connectivity index (χ0n) is 17.0. The molecule has 0 bridgehead atoms. The largest absolute Gasteiger partial charge is 0.482 e. The van der Waals surface area contributed by atoms with Crippen LogP contribution in [0.1, 0.15) is 34.6 Å². The van der Waals surface area contributed by atoms with Crippen LogP contribution in [0, 0.1) is 0 Å². The number of methoxy groups -OCH3 is 2. The van der Waals surface area contributed by atoms with Gasteiger partial charge in [0, 0.05) is 11.9 Å². The van der Waals surface area contributed by atoms with Crippen LogP contribution in [-0.2, 0) is 9.47 Å². The normalized spacial score (nSPS) is 26.5. The highest BCUT2D eigenvalue weighted by Gasteiger charge is 2.53. The van der Waals surface area contributed by atoms with Crippen molar-refractivity contribution in [2.75, 3.05) is 19.1 Å². The number of imidazole rings is 1. The van der Waals surface area contributed by atoms with Gasteiger partial charge in [0.1, 0.15) is 16.7 Å². The number of aromatic nitrogens is 2. The van der Waals surface area contributed by atoms with E-state index in [-0.39, 0.29) is 10.9 Å². The Morgan fingerprint density at radius 1 is 1.22 bits per heavy atom. The second kappa shape index (κ2) is 6.04. The molecule has 0 N–H and O–H groups in total. The summed E-state index contributed by atoms with van der Waals surface area (Å²) >= 11 is 1.82. The maximum absolute atomic E-state index is 5.83. The molecule has 0 aromatic carbocycles. The minimum absolute atomic E-state index is 0.0291. The Balaban J connectivity index is 2.01. The fourth-order valence-corrected chi connectivity index (χ4v) is 5.40. The van der Waals surface area contributed by atoms with Gasteiger partial charge < -0.3 is 9.47 Å². The van der Waals surface area contributed by atoms with Crippen LogP contribution < -0.4 is 4.90 Å². The first-order chi connectivity index (χ1) is 12.7. The molecular formula is C21H27N3O2S. The zero-order valence-corrected chi connectivity index (χ0v) is 17.8. The Morgan fingerprint density at radius 3 is 2.59 bits per heavy atom. The molecular weight excluding hydrogens is 358 g/mol. The predicted octanol–water partition coefficient (Wildman–Crippen LogP) is 4.60. The number of rotatable bonds is 3. The Kier molecular flexibility index (Phi) is 4.13. The minimum atomic E-state index is -0.430. The van der Waals surface area contributed by atoms with E-state index in [4.69, 9.17) is 14.5 Å². The Labute approximate surface area is 165 Å². The Morgan fingerprint density at radius 2 is 1.96 bits per heavy atom. The van der Waals surface area contributed by atoms with Crippen LogP contribution in [0.3, 0.4) is 0 Å². The van der Waals surface area contributed by atoms with E-state index in [1.54, 1.807) is 14.2 Å². The van der Waals surface area contributed by atoms with E-state index in [1.165, 1.54) is 16.8 Å². The molecule has 5 nitrogen and oxygen atoms in total. The molecule has 2 atom stereocenters. The van der Waals surface area contributed by atoms with Gasteiger partial charge in [0.2, 0.25) is 5.95 Å². The van der Waals surface area contributed by atoms with Gasteiger partial charge in [-0.1, -0.05) is 26.8 Å².